The van der Waals surface area contributed by atoms with Gasteiger partial charge in [-0.15, -0.1) is 0 Å². The van der Waals surface area contributed by atoms with E-state index >= 15 is 0 Å². The molecule has 0 radical (unpaired) electrons. The standard InChI is InChI=1S/C22H24FN5O5S/c1-26(2)34(30,31)25-22(29)16-13-24-28-7-5-15(12-19(16)28)27-6-3-4-18(27)14-10-17(23)21-20(11-14)32-8-9-33-21/h5,7,10-13,18H,3-4,6,8-9H2,1-2H3,(H,25,29)/t18-/m1/s1. The zero-order valence-electron chi connectivity index (χ0n) is 18.7. The Morgan fingerprint density at radius 2 is 2.03 bits per heavy atom. The molecule has 34 heavy (non-hydrogen) atoms. The maximum Gasteiger partial charge on any atom is 0.303 e. The number of aromatic nitrogens is 2. The van der Waals surface area contributed by atoms with Crippen molar-refractivity contribution in [2.45, 2.75) is 18.9 Å². The van der Waals surface area contributed by atoms with Gasteiger partial charge in [-0.2, -0.15) is 17.8 Å². The third-order valence-corrected chi connectivity index (χ3v) is 7.45. The molecule has 2 aliphatic heterocycles. The molecule has 1 fully saturated rings. The second kappa shape index (κ2) is 8.44. The van der Waals surface area contributed by atoms with Crippen molar-refractivity contribution >= 4 is 27.3 Å². The number of rotatable bonds is 5. The first-order valence-corrected chi connectivity index (χ1v) is 12.3. The fraction of sp³-hybridized carbons (Fsp3) is 0.364. The Morgan fingerprint density at radius 3 is 2.82 bits per heavy atom. The van der Waals surface area contributed by atoms with Crippen molar-refractivity contribution in [2.75, 3.05) is 38.8 Å². The van der Waals surface area contributed by atoms with Gasteiger partial charge in [0.25, 0.3) is 5.91 Å². The van der Waals surface area contributed by atoms with E-state index in [1.54, 1.807) is 12.3 Å². The number of pyridine rings is 1. The number of amides is 1. The van der Waals surface area contributed by atoms with Crippen LogP contribution in [-0.4, -0.2) is 62.1 Å². The molecule has 4 heterocycles. The molecule has 0 spiro atoms. The summed E-state index contributed by atoms with van der Waals surface area (Å²) in [4.78, 5) is 14.8. The number of halogens is 1. The number of nitrogens with one attached hydrogen (secondary N) is 1. The van der Waals surface area contributed by atoms with Crippen LogP contribution in [0.5, 0.6) is 11.5 Å². The molecule has 0 bridgehead atoms. The molecule has 12 heteroatoms. The molecular weight excluding hydrogens is 465 g/mol. The summed E-state index contributed by atoms with van der Waals surface area (Å²) >= 11 is 0. The largest absolute Gasteiger partial charge is 0.486 e. The molecule has 10 nitrogen and oxygen atoms in total. The van der Waals surface area contributed by atoms with E-state index in [-0.39, 0.29) is 17.4 Å². The molecule has 1 aromatic carbocycles. The topological polar surface area (TPSA) is 105 Å². The Labute approximate surface area is 196 Å². The lowest BCUT2D eigenvalue weighted by Crippen LogP contribution is -2.39. The maximum atomic E-state index is 14.7. The molecule has 0 unspecified atom stereocenters. The smallest absolute Gasteiger partial charge is 0.303 e. The number of ether oxygens (including phenoxy) is 2. The van der Waals surface area contributed by atoms with E-state index in [1.807, 2.05) is 16.9 Å². The molecule has 0 saturated carbocycles. The maximum absolute atomic E-state index is 14.7. The van der Waals surface area contributed by atoms with Gasteiger partial charge in [0.1, 0.15) is 13.2 Å². The summed E-state index contributed by atoms with van der Waals surface area (Å²) in [5.74, 6) is -0.678. The van der Waals surface area contributed by atoms with Crippen LogP contribution in [0.25, 0.3) is 5.52 Å². The van der Waals surface area contributed by atoms with Gasteiger partial charge in [0.15, 0.2) is 17.3 Å². The van der Waals surface area contributed by atoms with Crippen molar-refractivity contribution in [3.8, 4) is 11.5 Å². The Balaban J connectivity index is 1.48. The zero-order valence-corrected chi connectivity index (χ0v) is 19.5. The van der Waals surface area contributed by atoms with Crippen molar-refractivity contribution in [2.24, 2.45) is 0 Å². The highest BCUT2D eigenvalue weighted by atomic mass is 32.2. The minimum Gasteiger partial charge on any atom is -0.486 e. The lowest BCUT2D eigenvalue weighted by atomic mass is 10.0. The molecular formula is C22H24FN5O5S. The second-order valence-electron chi connectivity index (χ2n) is 8.37. The molecule has 5 rings (SSSR count). The second-order valence-corrected chi connectivity index (χ2v) is 10.3. The SMILES string of the molecule is CN(C)S(=O)(=O)NC(=O)c1cnn2ccc(N3CCC[C@@H]3c3cc(F)c4c(c3)OCCO4)cc12. The molecule has 0 aliphatic carbocycles. The van der Waals surface area contributed by atoms with Gasteiger partial charge in [0, 0.05) is 32.5 Å². The molecule has 2 aromatic heterocycles. The van der Waals surface area contributed by atoms with Gasteiger partial charge in [-0.25, -0.2) is 13.6 Å². The van der Waals surface area contributed by atoms with E-state index in [0.717, 1.165) is 34.9 Å². The average Bonchev–Trinajstić information content (AvgIpc) is 3.45. The van der Waals surface area contributed by atoms with Crippen LogP contribution in [0.4, 0.5) is 10.1 Å². The van der Waals surface area contributed by atoms with Crippen LogP contribution in [0.3, 0.4) is 0 Å². The number of benzene rings is 1. The Hall–Kier alpha value is -3.38. The number of anilines is 1. The number of hydrogen-bond acceptors (Lipinski definition) is 7. The first-order chi connectivity index (χ1) is 16.2. The van der Waals surface area contributed by atoms with Crippen molar-refractivity contribution < 1.29 is 27.1 Å². The van der Waals surface area contributed by atoms with E-state index in [1.165, 1.54) is 30.9 Å². The highest BCUT2D eigenvalue weighted by Gasteiger charge is 2.30. The van der Waals surface area contributed by atoms with Gasteiger partial charge in [-0.1, -0.05) is 0 Å². The normalized spacial score (nSPS) is 18.0. The van der Waals surface area contributed by atoms with Gasteiger partial charge in [-0.05, 0) is 42.7 Å². The number of nitrogens with zero attached hydrogens (tertiary/aromatic N) is 4. The van der Waals surface area contributed by atoms with E-state index in [0.29, 0.717) is 24.5 Å². The minimum atomic E-state index is -3.95. The number of fused-ring (bicyclic) bond motifs is 2. The van der Waals surface area contributed by atoms with E-state index < -0.39 is 21.9 Å². The Bertz CT molecular complexity index is 1370. The van der Waals surface area contributed by atoms with Crippen LogP contribution in [0.1, 0.15) is 34.8 Å². The number of hydrogen-bond donors (Lipinski definition) is 1. The van der Waals surface area contributed by atoms with Crippen molar-refractivity contribution in [3.63, 3.8) is 0 Å². The third kappa shape index (κ3) is 3.92. The average molecular weight is 490 g/mol. The Morgan fingerprint density at radius 1 is 1.24 bits per heavy atom. The summed E-state index contributed by atoms with van der Waals surface area (Å²) < 4.78 is 54.3. The highest BCUT2D eigenvalue weighted by molar-refractivity contribution is 7.87. The summed E-state index contributed by atoms with van der Waals surface area (Å²) in [5.41, 5.74) is 2.19. The third-order valence-electron chi connectivity index (χ3n) is 6.04. The first-order valence-electron chi connectivity index (χ1n) is 10.8. The quantitative estimate of drug-likeness (QED) is 0.585. The molecule has 1 amide bonds. The van der Waals surface area contributed by atoms with Gasteiger partial charge < -0.3 is 14.4 Å². The summed E-state index contributed by atoms with van der Waals surface area (Å²) in [5, 5.41) is 4.17. The van der Waals surface area contributed by atoms with Crippen LogP contribution in [0, 0.1) is 5.82 Å². The van der Waals surface area contributed by atoms with Gasteiger partial charge in [-0.3, -0.25) is 4.79 Å². The van der Waals surface area contributed by atoms with Crippen molar-refractivity contribution in [3.05, 3.63) is 53.6 Å². The van der Waals surface area contributed by atoms with Gasteiger partial charge in [0.2, 0.25) is 0 Å². The van der Waals surface area contributed by atoms with Crippen LogP contribution < -0.4 is 19.1 Å². The predicted molar refractivity (Wildman–Crippen MR) is 122 cm³/mol. The van der Waals surface area contributed by atoms with E-state index in [4.69, 9.17) is 9.47 Å². The minimum absolute atomic E-state index is 0.0953. The van der Waals surface area contributed by atoms with Crippen LogP contribution in [-0.2, 0) is 10.2 Å². The predicted octanol–water partition coefficient (Wildman–Crippen LogP) is 2.12. The Kier molecular flexibility index (Phi) is 5.56. The zero-order chi connectivity index (χ0) is 24.0. The number of carbonyl (C=O) groups is 1. The van der Waals surface area contributed by atoms with Crippen LogP contribution in [0.2, 0.25) is 0 Å². The summed E-state index contributed by atoms with van der Waals surface area (Å²) in [6.07, 6.45) is 4.76. The lowest BCUT2D eigenvalue weighted by Gasteiger charge is -2.28. The highest BCUT2D eigenvalue weighted by Crippen LogP contribution is 2.41. The lowest BCUT2D eigenvalue weighted by molar-refractivity contribution is 0.0981. The summed E-state index contributed by atoms with van der Waals surface area (Å²) in [7, 11) is -1.28. The van der Waals surface area contributed by atoms with Crippen LogP contribution >= 0.6 is 0 Å². The molecule has 2 aliphatic rings. The van der Waals surface area contributed by atoms with Gasteiger partial charge >= 0.3 is 10.2 Å². The molecule has 180 valence electrons. The van der Waals surface area contributed by atoms with E-state index in [2.05, 4.69) is 10.00 Å². The first kappa shape index (κ1) is 22.4. The monoisotopic (exact) mass is 489 g/mol. The van der Waals surface area contributed by atoms with Crippen LogP contribution in [0.15, 0.2) is 36.7 Å². The number of carbonyl (C=O) groups excluding carboxylic acids is 1. The fourth-order valence-corrected chi connectivity index (χ4v) is 4.86. The molecule has 1 atom stereocenters. The molecule has 1 N–H and O–H groups in total. The van der Waals surface area contributed by atoms with Crippen molar-refractivity contribution in [1.82, 2.24) is 18.6 Å². The van der Waals surface area contributed by atoms with Gasteiger partial charge in [0.05, 0.1) is 23.3 Å². The molecule has 3 aromatic rings. The molecule has 1 saturated heterocycles. The van der Waals surface area contributed by atoms with E-state index in [9.17, 15) is 17.6 Å². The fourth-order valence-electron chi connectivity index (χ4n) is 4.33. The summed E-state index contributed by atoms with van der Waals surface area (Å²) in [6, 6.07) is 6.87. The van der Waals surface area contributed by atoms with Crippen molar-refractivity contribution in [1.29, 1.82) is 0 Å². The summed E-state index contributed by atoms with van der Waals surface area (Å²) in [6.45, 7) is 1.42.